The molecule has 3 aliphatic heterocycles. The fraction of sp³-hybridized carbons (Fsp3) is 0.323. The molecule has 0 bridgehead atoms. The first-order valence-corrected chi connectivity index (χ1v) is 13.2. The molecular weight excluding hydrogens is 464 g/mol. The molecule has 6 nitrogen and oxygen atoms in total. The smallest absolute Gasteiger partial charge is 0.213 e. The average molecular weight is 498 g/mol. The van der Waals surface area contributed by atoms with Crippen LogP contribution in [0.15, 0.2) is 85.2 Å². The summed E-state index contributed by atoms with van der Waals surface area (Å²) in [7, 11) is 0. The monoisotopic (exact) mass is 497 g/mol. The molecular formula is C31H33N2O4+. The molecule has 3 aromatic rings. The van der Waals surface area contributed by atoms with Gasteiger partial charge in [-0.3, -0.25) is 0 Å². The van der Waals surface area contributed by atoms with Gasteiger partial charge < -0.3 is 23.8 Å². The van der Waals surface area contributed by atoms with Gasteiger partial charge >= 0.3 is 0 Å². The van der Waals surface area contributed by atoms with Gasteiger partial charge in [-0.05, 0) is 29.3 Å². The van der Waals surface area contributed by atoms with Gasteiger partial charge in [0.15, 0.2) is 25.3 Å². The lowest BCUT2D eigenvalue weighted by molar-refractivity contribution is -0.673. The first kappa shape index (κ1) is 24.1. The highest BCUT2D eigenvalue weighted by Crippen LogP contribution is 2.33. The molecule has 2 aromatic carbocycles. The Bertz CT molecular complexity index is 1320. The summed E-state index contributed by atoms with van der Waals surface area (Å²) >= 11 is 0. The normalized spacial score (nSPS) is 19.6. The number of hydrogen-bond donors (Lipinski definition) is 0. The highest BCUT2D eigenvalue weighted by molar-refractivity contribution is 5.89. The zero-order chi connectivity index (χ0) is 24.9. The zero-order valence-electron chi connectivity index (χ0n) is 21.0. The van der Waals surface area contributed by atoms with Gasteiger partial charge in [0, 0.05) is 42.5 Å². The van der Waals surface area contributed by atoms with E-state index in [0.717, 1.165) is 25.9 Å². The molecule has 0 amide bonds. The first-order chi connectivity index (χ1) is 18.3. The number of aromatic nitrogens is 1. The maximum atomic E-state index is 5.62. The number of para-hydroxylation sites is 2. The maximum Gasteiger partial charge on any atom is 0.213 e. The largest absolute Gasteiger partial charge is 0.350 e. The molecule has 37 heavy (non-hydrogen) atoms. The number of rotatable bonds is 8. The molecule has 0 N–H and O–H groups in total. The summed E-state index contributed by atoms with van der Waals surface area (Å²) in [6, 6.07) is 19.3. The van der Waals surface area contributed by atoms with Gasteiger partial charge in [0.05, 0.1) is 38.2 Å². The van der Waals surface area contributed by atoms with Crippen molar-refractivity contribution in [1.29, 1.82) is 0 Å². The minimum absolute atomic E-state index is 0.0933. The second kappa shape index (κ2) is 11.4. The van der Waals surface area contributed by atoms with Crippen molar-refractivity contribution in [2.45, 2.75) is 32.0 Å². The van der Waals surface area contributed by atoms with Crippen LogP contribution in [-0.2, 0) is 25.5 Å². The maximum absolute atomic E-state index is 5.62. The molecule has 0 unspecified atom stereocenters. The number of nitrogens with zero attached hydrogens (tertiary/aromatic N) is 2. The molecule has 3 aliphatic rings. The Labute approximate surface area is 218 Å². The lowest BCUT2D eigenvalue weighted by Crippen LogP contribution is -2.36. The molecule has 0 saturated carbocycles. The van der Waals surface area contributed by atoms with E-state index in [1.165, 1.54) is 33.3 Å². The highest BCUT2D eigenvalue weighted by atomic mass is 16.7. The summed E-state index contributed by atoms with van der Waals surface area (Å²) in [5, 5.41) is 1.23. The molecule has 2 saturated heterocycles. The van der Waals surface area contributed by atoms with Gasteiger partial charge in [0.2, 0.25) is 5.52 Å². The van der Waals surface area contributed by atoms with Crippen LogP contribution in [0.1, 0.15) is 24.0 Å². The van der Waals surface area contributed by atoms with Crippen molar-refractivity contribution >= 4 is 28.2 Å². The third-order valence-corrected chi connectivity index (χ3v) is 7.06. The minimum Gasteiger partial charge on any atom is -0.350 e. The molecule has 190 valence electrons. The number of pyridine rings is 1. The predicted octanol–water partition coefficient (Wildman–Crippen LogP) is 5.08. The number of fused-ring (bicyclic) bond motifs is 2. The van der Waals surface area contributed by atoms with Crippen LogP contribution in [0.25, 0.3) is 22.6 Å². The van der Waals surface area contributed by atoms with E-state index in [1.54, 1.807) is 0 Å². The number of anilines is 1. The molecule has 2 fully saturated rings. The summed E-state index contributed by atoms with van der Waals surface area (Å²) in [4.78, 5) is 2.28. The van der Waals surface area contributed by atoms with Crippen molar-refractivity contribution in [3.8, 4) is 0 Å². The Kier molecular flexibility index (Phi) is 7.42. The van der Waals surface area contributed by atoms with Gasteiger partial charge in [-0.2, -0.15) is 4.57 Å². The van der Waals surface area contributed by atoms with Crippen LogP contribution in [0.2, 0.25) is 0 Å². The van der Waals surface area contributed by atoms with Gasteiger partial charge in [-0.15, -0.1) is 0 Å². The van der Waals surface area contributed by atoms with Gasteiger partial charge in [0.1, 0.15) is 0 Å². The molecule has 6 rings (SSSR count). The topological polar surface area (TPSA) is 44.0 Å². The average Bonchev–Trinajstić information content (AvgIpc) is 3.67. The number of benzene rings is 2. The zero-order valence-corrected chi connectivity index (χ0v) is 21.0. The van der Waals surface area contributed by atoms with E-state index in [-0.39, 0.29) is 12.6 Å². The van der Waals surface area contributed by atoms with E-state index in [2.05, 4.69) is 101 Å². The number of ether oxygens (including phenoxy) is 4. The van der Waals surface area contributed by atoms with E-state index in [0.29, 0.717) is 26.4 Å². The van der Waals surface area contributed by atoms with Crippen LogP contribution in [0.4, 0.5) is 5.69 Å². The van der Waals surface area contributed by atoms with E-state index in [1.807, 2.05) is 0 Å². The number of aryl methyl sites for hydroxylation is 1. The molecule has 0 spiro atoms. The molecule has 0 radical (unpaired) electrons. The van der Waals surface area contributed by atoms with Gasteiger partial charge in [-0.25, -0.2) is 0 Å². The Balaban J connectivity index is 1.19. The van der Waals surface area contributed by atoms with Crippen molar-refractivity contribution in [3.63, 3.8) is 0 Å². The predicted molar refractivity (Wildman–Crippen MR) is 145 cm³/mol. The SMILES string of the molecule is C1=CN(CCC2OCCO2)c2ccccc2/C1=C\C=C\c1cc[n+](CCC2OCCO2)c2ccccc12. The van der Waals surface area contributed by atoms with Crippen molar-refractivity contribution in [2.75, 3.05) is 37.9 Å². The van der Waals surface area contributed by atoms with E-state index in [9.17, 15) is 0 Å². The fourth-order valence-electron chi connectivity index (χ4n) is 5.19. The molecule has 6 heteroatoms. The molecule has 4 heterocycles. The van der Waals surface area contributed by atoms with E-state index in [4.69, 9.17) is 18.9 Å². The van der Waals surface area contributed by atoms with Crippen LogP contribution >= 0.6 is 0 Å². The van der Waals surface area contributed by atoms with Crippen LogP contribution in [0.3, 0.4) is 0 Å². The fourth-order valence-corrected chi connectivity index (χ4v) is 5.19. The minimum atomic E-state index is -0.0933. The summed E-state index contributed by atoms with van der Waals surface area (Å²) in [5.74, 6) is 0. The second-order valence-corrected chi connectivity index (χ2v) is 9.41. The highest BCUT2D eigenvalue weighted by Gasteiger charge is 2.21. The summed E-state index contributed by atoms with van der Waals surface area (Å²) in [5.41, 5.74) is 6.05. The van der Waals surface area contributed by atoms with Gasteiger partial charge in [-0.1, -0.05) is 48.6 Å². The number of allylic oxidation sites excluding steroid dienone is 4. The van der Waals surface area contributed by atoms with Crippen molar-refractivity contribution in [3.05, 3.63) is 96.3 Å². The Morgan fingerprint density at radius 1 is 0.838 bits per heavy atom. The van der Waals surface area contributed by atoms with Crippen LogP contribution in [0.5, 0.6) is 0 Å². The van der Waals surface area contributed by atoms with Crippen molar-refractivity contribution in [2.24, 2.45) is 0 Å². The third kappa shape index (κ3) is 5.53. The van der Waals surface area contributed by atoms with Crippen molar-refractivity contribution in [1.82, 2.24) is 0 Å². The van der Waals surface area contributed by atoms with Crippen LogP contribution < -0.4 is 9.47 Å². The third-order valence-electron chi connectivity index (χ3n) is 7.06. The Morgan fingerprint density at radius 3 is 2.41 bits per heavy atom. The molecule has 0 atom stereocenters. The lowest BCUT2D eigenvalue weighted by atomic mass is 9.99. The first-order valence-electron chi connectivity index (χ1n) is 13.2. The Hall–Kier alpha value is -3.29. The van der Waals surface area contributed by atoms with Gasteiger partial charge in [0.25, 0.3) is 0 Å². The van der Waals surface area contributed by atoms with E-state index >= 15 is 0 Å². The summed E-state index contributed by atoms with van der Waals surface area (Å²) < 4.78 is 24.8. The quantitative estimate of drug-likeness (QED) is 0.406. The summed E-state index contributed by atoms with van der Waals surface area (Å²) in [6.45, 7) is 4.48. The van der Waals surface area contributed by atoms with Crippen LogP contribution in [0, 0.1) is 0 Å². The molecule has 1 aromatic heterocycles. The molecule has 0 aliphatic carbocycles. The summed E-state index contributed by atoms with van der Waals surface area (Å²) in [6.07, 6.45) is 14.6. The lowest BCUT2D eigenvalue weighted by Gasteiger charge is -2.28. The standard InChI is InChI=1S/C31H33N2O4/c1-3-10-28-26(8-1)24(12-16-32(28)18-14-30-34-20-21-35-30)6-5-7-25-13-17-33(19-15-31-36-22-23-37-31)29-11-4-2-9-27(25)29/h1-13,16-17,30-31H,14-15,18-23H2/q+1. The van der Waals surface area contributed by atoms with Crippen LogP contribution in [-0.4, -0.2) is 45.6 Å². The second-order valence-electron chi connectivity index (χ2n) is 9.41. The van der Waals surface area contributed by atoms with E-state index < -0.39 is 0 Å². The van der Waals surface area contributed by atoms with Crippen molar-refractivity contribution < 1.29 is 23.5 Å². The Morgan fingerprint density at radius 2 is 1.57 bits per heavy atom. The number of hydrogen-bond acceptors (Lipinski definition) is 5.